The first kappa shape index (κ1) is 14.5. The highest BCUT2D eigenvalue weighted by molar-refractivity contribution is 7.92. The monoisotopic (exact) mass is 323 g/mol. The molecule has 0 aromatic carbocycles. The third kappa shape index (κ3) is 3.16. The van der Waals surface area contributed by atoms with E-state index in [1.807, 2.05) is 0 Å². The highest BCUT2D eigenvalue weighted by atomic mass is 35.5. The Labute approximate surface area is 120 Å². The molecule has 104 valence electrons. The Hall–Kier alpha value is -0.920. The molecule has 1 fully saturated rings. The van der Waals surface area contributed by atoms with E-state index in [4.69, 9.17) is 23.2 Å². The van der Waals surface area contributed by atoms with E-state index in [1.165, 1.54) is 0 Å². The maximum absolute atomic E-state index is 12.0. The number of hydrogen-bond acceptors (Lipinski definition) is 5. The predicted octanol–water partition coefficient (Wildman–Crippen LogP) is 1.69. The van der Waals surface area contributed by atoms with Gasteiger partial charge in [-0.05, 0) is 12.8 Å². The van der Waals surface area contributed by atoms with Crippen molar-refractivity contribution in [3.8, 4) is 0 Å². The number of amides is 1. The third-order valence-electron chi connectivity index (χ3n) is 2.87. The number of aromatic nitrogens is 2. The van der Waals surface area contributed by atoms with E-state index >= 15 is 0 Å². The van der Waals surface area contributed by atoms with Crippen LogP contribution in [0.15, 0.2) is 6.33 Å². The van der Waals surface area contributed by atoms with Gasteiger partial charge in [-0.15, -0.1) is 0 Å². The summed E-state index contributed by atoms with van der Waals surface area (Å²) in [7, 11) is -3.41. The molecule has 0 spiro atoms. The lowest BCUT2D eigenvalue weighted by atomic mass is 10.2. The van der Waals surface area contributed by atoms with Crippen LogP contribution in [-0.4, -0.2) is 35.3 Å². The van der Waals surface area contributed by atoms with Gasteiger partial charge >= 0.3 is 0 Å². The summed E-state index contributed by atoms with van der Waals surface area (Å²) in [6, 6.07) is 0. The van der Waals surface area contributed by atoms with Gasteiger partial charge in [-0.2, -0.15) is 0 Å². The van der Waals surface area contributed by atoms with Gasteiger partial charge in [0, 0.05) is 0 Å². The number of carbonyl (C=O) groups excluding carboxylic acids is 1. The number of anilines is 1. The largest absolute Gasteiger partial charge is 0.320 e. The predicted molar refractivity (Wildman–Crippen MR) is 72.1 cm³/mol. The van der Waals surface area contributed by atoms with E-state index in [1.54, 1.807) is 0 Å². The molecule has 1 N–H and O–H groups in total. The maximum Gasteiger partial charge on any atom is 0.242 e. The SMILES string of the molecule is O=C(Nc1c(Cl)ncnc1Cl)C1CCCCS1(=O)=O. The zero-order valence-electron chi connectivity index (χ0n) is 9.77. The number of halogens is 2. The van der Waals surface area contributed by atoms with Crippen LogP contribution in [0.25, 0.3) is 0 Å². The molecule has 1 atom stereocenters. The van der Waals surface area contributed by atoms with Gasteiger partial charge in [0.2, 0.25) is 5.91 Å². The summed E-state index contributed by atoms with van der Waals surface area (Å²) in [5.41, 5.74) is 0.0385. The van der Waals surface area contributed by atoms with Crippen LogP contribution in [0.1, 0.15) is 19.3 Å². The summed E-state index contributed by atoms with van der Waals surface area (Å²) in [4.78, 5) is 19.4. The highest BCUT2D eigenvalue weighted by Gasteiger charge is 2.35. The first-order valence-electron chi connectivity index (χ1n) is 5.60. The van der Waals surface area contributed by atoms with Crippen molar-refractivity contribution in [2.45, 2.75) is 24.5 Å². The molecule has 0 radical (unpaired) electrons. The molecule has 1 aliphatic heterocycles. The molecular weight excluding hydrogens is 313 g/mol. The van der Waals surface area contributed by atoms with Gasteiger partial charge in [-0.3, -0.25) is 4.79 Å². The fourth-order valence-electron chi connectivity index (χ4n) is 1.90. The molecule has 9 heteroatoms. The second-order valence-corrected chi connectivity index (χ2v) is 7.19. The molecule has 1 amide bonds. The second-order valence-electron chi connectivity index (χ2n) is 4.17. The Morgan fingerprint density at radius 3 is 2.47 bits per heavy atom. The van der Waals surface area contributed by atoms with E-state index in [0.29, 0.717) is 19.3 Å². The first-order valence-corrected chi connectivity index (χ1v) is 8.07. The summed E-state index contributed by atoms with van der Waals surface area (Å²) in [5.74, 6) is -0.615. The van der Waals surface area contributed by atoms with Gasteiger partial charge in [-0.1, -0.05) is 29.6 Å². The van der Waals surface area contributed by atoms with Gasteiger partial charge in [-0.25, -0.2) is 18.4 Å². The molecule has 1 aromatic heterocycles. The van der Waals surface area contributed by atoms with Crippen molar-refractivity contribution >= 4 is 44.6 Å². The van der Waals surface area contributed by atoms with Crippen LogP contribution in [0.4, 0.5) is 5.69 Å². The lowest BCUT2D eigenvalue weighted by molar-refractivity contribution is -0.116. The number of sulfone groups is 1. The topological polar surface area (TPSA) is 89.0 Å². The van der Waals surface area contributed by atoms with Crippen LogP contribution in [0, 0.1) is 0 Å². The summed E-state index contributed by atoms with van der Waals surface area (Å²) < 4.78 is 23.7. The van der Waals surface area contributed by atoms with Crippen molar-refractivity contribution in [2.75, 3.05) is 11.1 Å². The Kier molecular flexibility index (Phi) is 4.27. The Bertz CT molecular complexity index is 586. The maximum atomic E-state index is 12.0. The average Bonchev–Trinajstić information content (AvgIpc) is 2.33. The molecule has 19 heavy (non-hydrogen) atoms. The number of carbonyl (C=O) groups is 1. The summed E-state index contributed by atoms with van der Waals surface area (Å²) in [6.45, 7) is 0. The van der Waals surface area contributed by atoms with Crippen molar-refractivity contribution in [3.63, 3.8) is 0 Å². The summed E-state index contributed by atoms with van der Waals surface area (Å²) in [6.07, 6.45) is 2.74. The molecule has 0 saturated carbocycles. The summed E-state index contributed by atoms with van der Waals surface area (Å²) >= 11 is 11.6. The van der Waals surface area contributed by atoms with E-state index in [-0.39, 0.29) is 21.7 Å². The van der Waals surface area contributed by atoms with Gasteiger partial charge in [0.1, 0.15) is 17.3 Å². The standard InChI is InChI=1S/C10H11Cl2N3O3S/c11-8-7(9(12)14-5-13-8)15-10(16)6-3-1-2-4-19(6,17)18/h5-6H,1-4H2,(H,15,16). The first-order chi connectivity index (χ1) is 8.92. The molecule has 1 aliphatic rings. The third-order valence-corrected chi connectivity index (χ3v) is 5.62. The molecule has 6 nitrogen and oxygen atoms in total. The van der Waals surface area contributed by atoms with Gasteiger partial charge in [0.25, 0.3) is 0 Å². The minimum atomic E-state index is -3.41. The van der Waals surface area contributed by atoms with Crippen molar-refractivity contribution in [2.24, 2.45) is 0 Å². The van der Waals surface area contributed by atoms with E-state index in [0.717, 1.165) is 6.33 Å². The fourth-order valence-corrected chi connectivity index (χ4v) is 4.11. The van der Waals surface area contributed by atoms with Crippen molar-refractivity contribution in [3.05, 3.63) is 16.6 Å². The van der Waals surface area contributed by atoms with Crippen LogP contribution in [0.2, 0.25) is 10.3 Å². The average molecular weight is 324 g/mol. The lowest BCUT2D eigenvalue weighted by Gasteiger charge is -2.21. The van der Waals surface area contributed by atoms with Crippen molar-refractivity contribution < 1.29 is 13.2 Å². The molecule has 2 heterocycles. The summed E-state index contributed by atoms with van der Waals surface area (Å²) in [5, 5.41) is 1.28. The number of rotatable bonds is 2. The minimum Gasteiger partial charge on any atom is -0.320 e. The van der Waals surface area contributed by atoms with Gasteiger partial charge < -0.3 is 5.32 Å². The van der Waals surface area contributed by atoms with Crippen LogP contribution in [-0.2, 0) is 14.6 Å². The Morgan fingerprint density at radius 2 is 1.89 bits per heavy atom. The van der Waals surface area contributed by atoms with Crippen LogP contribution >= 0.6 is 23.2 Å². The Morgan fingerprint density at radius 1 is 1.26 bits per heavy atom. The molecule has 0 aliphatic carbocycles. The number of hydrogen-bond donors (Lipinski definition) is 1. The highest BCUT2D eigenvalue weighted by Crippen LogP contribution is 2.27. The normalized spacial score (nSPS) is 21.9. The van der Waals surface area contributed by atoms with Crippen LogP contribution in [0.3, 0.4) is 0 Å². The zero-order chi connectivity index (χ0) is 14.0. The van der Waals surface area contributed by atoms with Crippen molar-refractivity contribution in [1.82, 2.24) is 9.97 Å². The van der Waals surface area contributed by atoms with E-state index in [2.05, 4.69) is 15.3 Å². The minimum absolute atomic E-state index is 0.0256. The molecule has 2 rings (SSSR count). The molecule has 1 unspecified atom stereocenters. The van der Waals surface area contributed by atoms with Gasteiger partial charge in [0.15, 0.2) is 20.1 Å². The molecule has 0 bridgehead atoms. The zero-order valence-corrected chi connectivity index (χ0v) is 12.1. The molecule has 1 saturated heterocycles. The Balaban J connectivity index is 2.22. The molecular formula is C10H11Cl2N3O3S. The second kappa shape index (κ2) is 5.60. The van der Waals surface area contributed by atoms with E-state index < -0.39 is 21.0 Å². The lowest BCUT2D eigenvalue weighted by Crippen LogP contribution is -2.39. The molecule has 1 aromatic rings. The van der Waals surface area contributed by atoms with Crippen LogP contribution < -0.4 is 5.32 Å². The number of nitrogens with one attached hydrogen (secondary N) is 1. The fraction of sp³-hybridized carbons (Fsp3) is 0.500. The van der Waals surface area contributed by atoms with Crippen molar-refractivity contribution in [1.29, 1.82) is 0 Å². The van der Waals surface area contributed by atoms with Crippen LogP contribution in [0.5, 0.6) is 0 Å². The number of nitrogens with zero attached hydrogens (tertiary/aromatic N) is 2. The smallest absolute Gasteiger partial charge is 0.242 e. The van der Waals surface area contributed by atoms with Gasteiger partial charge in [0.05, 0.1) is 5.75 Å². The van der Waals surface area contributed by atoms with E-state index in [9.17, 15) is 13.2 Å². The quantitative estimate of drug-likeness (QED) is 0.836.